The fourth-order valence-electron chi connectivity index (χ4n) is 3.19. The number of thioether (sulfide) groups is 1. The molecule has 1 heterocycles. The number of hydrogen-bond donors (Lipinski definition) is 1. The number of ether oxygens (including phenoxy) is 2. The summed E-state index contributed by atoms with van der Waals surface area (Å²) >= 11 is 1.14. The molecule has 1 aliphatic rings. The number of anilines is 1. The molecule has 1 aliphatic heterocycles. The summed E-state index contributed by atoms with van der Waals surface area (Å²) in [4.78, 5) is 31.2. The molecule has 32 heavy (non-hydrogen) atoms. The van der Waals surface area contributed by atoms with E-state index in [-0.39, 0.29) is 21.7 Å². The van der Waals surface area contributed by atoms with Crippen molar-refractivity contribution in [2.75, 3.05) is 5.73 Å². The minimum absolute atomic E-state index is 0.0306. The minimum atomic E-state index is -1.29. The maximum atomic E-state index is 14.7. The van der Waals surface area contributed by atoms with Gasteiger partial charge in [0, 0.05) is 16.5 Å². The number of carbonyl (C=O) groups is 2. The standard InChI is InChI=1S/C22H31F2N3O4S/c1-12-11-22(8,14-9-13(25)10-15(23)16(14)24)26-17(32-12)27(18(28)30-20(2,3)4)19(29)31-21(5,6)7/h9-10,12H,11,25H2,1-8H3/t12?,22-/m0/s1. The molecule has 0 fully saturated rings. The maximum Gasteiger partial charge on any atom is 0.426 e. The number of nitrogen functional groups attached to an aromatic ring is 1. The van der Waals surface area contributed by atoms with Crippen LogP contribution in [0, 0.1) is 11.6 Å². The molecule has 2 atom stereocenters. The number of carbonyl (C=O) groups excluding carboxylic acids is 2. The van der Waals surface area contributed by atoms with Gasteiger partial charge < -0.3 is 15.2 Å². The third-order valence-electron chi connectivity index (χ3n) is 4.31. The highest BCUT2D eigenvalue weighted by Crippen LogP contribution is 2.42. The average molecular weight is 472 g/mol. The molecule has 7 nitrogen and oxygen atoms in total. The van der Waals surface area contributed by atoms with Gasteiger partial charge in [0.05, 0.1) is 5.54 Å². The van der Waals surface area contributed by atoms with Crippen molar-refractivity contribution in [3.05, 3.63) is 29.3 Å². The summed E-state index contributed by atoms with van der Waals surface area (Å²) in [5.74, 6) is -2.18. The number of benzene rings is 1. The molecule has 1 aromatic rings. The molecule has 178 valence electrons. The van der Waals surface area contributed by atoms with E-state index in [0.29, 0.717) is 11.3 Å². The highest BCUT2D eigenvalue weighted by Gasteiger charge is 2.43. The molecule has 0 aliphatic carbocycles. The molecule has 2 N–H and O–H groups in total. The van der Waals surface area contributed by atoms with Gasteiger partial charge in [-0.25, -0.2) is 18.4 Å². The molecule has 0 spiro atoms. The van der Waals surface area contributed by atoms with E-state index in [1.54, 1.807) is 48.5 Å². The lowest BCUT2D eigenvalue weighted by Crippen LogP contribution is -2.48. The highest BCUT2D eigenvalue weighted by atomic mass is 32.2. The van der Waals surface area contributed by atoms with Gasteiger partial charge in [-0.2, -0.15) is 4.90 Å². The summed E-state index contributed by atoms with van der Waals surface area (Å²) in [5, 5.41) is -0.235. The maximum absolute atomic E-state index is 14.7. The summed E-state index contributed by atoms with van der Waals surface area (Å²) in [6, 6.07) is 2.20. The molecule has 2 amide bonds. The van der Waals surface area contributed by atoms with Gasteiger partial charge in [0.1, 0.15) is 11.2 Å². The zero-order valence-corrected chi connectivity index (χ0v) is 20.5. The van der Waals surface area contributed by atoms with Crippen molar-refractivity contribution in [2.45, 2.75) is 83.8 Å². The van der Waals surface area contributed by atoms with E-state index in [2.05, 4.69) is 4.99 Å². The van der Waals surface area contributed by atoms with Crippen molar-refractivity contribution in [3.8, 4) is 0 Å². The molecule has 1 aromatic carbocycles. The zero-order valence-electron chi connectivity index (χ0n) is 19.7. The van der Waals surface area contributed by atoms with Gasteiger partial charge in [-0.3, -0.25) is 4.99 Å². The zero-order chi connectivity index (χ0) is 24.6. The number of amides is 2. The number of hydrogen-bond acceptors (Lipinski definition) is 7. The Morgan fingerprint density at radius 3 is 2.09 bits per heavy atom. The molecule has 0 radical (unpaired) electrons. The van der Waals surface area contributed by atoms with E-state index in [0.717, 1.165) is 17.8 Å². The Morgan fingerprint density at radius 1 is 1.12 bits per heavy atom. The lowest BCUT2D eigenvalue weighted by molar-refractivity contribution is 0.0151. The normalized spacial score (nSPS) is 21.6. The Morgan fingerprint density at radius 2 is 1.62 bits per heavy atom. The predicted octanol–water partition coefficient (Wildman–Crippen LogP) is 5.82. The van der Waals surface area contributed by atoms with Crippen molar-refractivity contribution < 1.29 is 27.8 Å². The van der Waals surface area contributed by atoms with Crippen LogP contribution in [0.15, 0.2) is 17.1 Å². The van der Waals surface area contributed by atoms with Gasteiger partial charge in [0.25, 0.3) is 0 Å². The van der Waals surface area contributed by atoms with Crippen LogP contribution in [0.1, 0.15) is 67.4 Å². The number of nitrogens with zero attached hydrogens (tertiary/aromatic N) is 2. The number of amidine groups is 1. The quantitative estimate of drug-likeness (QED) is 0.519. The second kappa shape index (κ2) is 8.88. The first-order chi connectivity index (χ1) is 14.4. The van der Waals surface area contributed by atoms with Crippen molar-refractivity contribution in [2.24, 2.45) is 4.99 Å². The van der Waals surface area contributed by atoms with E-state index < -0.39 is 40.6 Å². The molecule has 0 aromatic heterocycles. The number of rotatable bonds is 1. The average Bonchev–Trinajstić information content (AvgIpc) is 2.53. The molecule has 0 bridgehead atoms. The van der Waals surface area contributed by atoms with Crippen LogP contribution in [0.4, 0.5) is 24.1 Å². The summed E-state index contributed by atoms with van der Waals surface area (Å²) in [6.07, 6.45) is -1.64. The predicted molar refractivity (Wildman–Crippen MR) is 122 cm³/mol. The van der Waals surface area contributed by atoms with Crippen LogP contribution in [-0.2, 0) is 15.0 Å². The molecule has 2 rings (SSSR count). The van der Waals surface area contributed by atoms with Crippen molar-refractivity contribution in [3.63, 3.8) is 0 Å². The molecular formula is C22H31F2N3O4S. The largest absolute Gasteiger partial charge is 0.443 e. The second-order valence-electron chi connectivity index (χ2n) is 9.96. The van der Waals surface area contributed by atoms with E-state index in [1.807, 2.05) is 6.92 Å². The smallest absolute Gasteiger partial charge is 0.426 e. The van der Waals surface area contributed by atoms with Crippen LogP contribution in [0.3, 0.4) is 0 Å². The van der Waals surface area contributed by atoms with Gasteiger partial charge >= 0.3 is 12.2 Å². The van der Waals surface area contributed by atoms with Crippen LogP contribution in [0.5, 0.6) is 0 Å². The second-order valence-corrected chi connectivity index (χ2v) is 11.4. The Hall–Kier alpha value is -2.36. The van der Waals surface area contributed by atoms with Gasteiger partial charge in [-0.05, 0) is 67.0 Å². The third-order valence-corrected chi connectivity index (χ3v) is 5.36. The SMILES string of the molecule is CC1C[C@@](C)(c2cc(N)cc(F)c2F)N=C(N(C(=O)OC(C)(C)C)C(=O)OC(C)(C)C)S1. The molecule has 10 heteroatoms. The van der Waals surface area contributed by atoms with Crippen molar-refractivity contribution in [1.29, 1.82) is 0 Å². The summed E-state index contributed by atoms with van der Waals surface area (Å²) in [7, 11) is 0. The van der Waals surface area contributed by atoms with Crippen molar-refractivity contribution >= 4 is 34.8 Å². The molecule has 1 unspecified atom stereocenters. The van der Waals surface area contributed by atoms with Crippen LogP contribution in [-0.4, -0.2) is 38.7 Å². The first-order valence-electron chi connectivity index (χ1n) is 10.2. The van der Waals surface area contributed by atoms with E-state index >= 15 is 0 Å². The Labute approximate surface area is 191 Å². The third kappa shape index (κ3) is 6.34. The Balaban J connectivity index is 2.62. The molecular weight excluding hydrogens is 440 g/mol. The van der Waals surface area contributed by atoms with E-state index in [4.69, 9.17) is 15.2 Å². The van der Waals surface area contributed by atoms with Gasteiger partial charge in [0.15, 0.2) is 16.8 Å². The minimum Gasteiger partial charge on any atom is -0.443 e. The number of aliphatic imine (C=N–C) groups is 1. The number of nitrogens with two attached hydrogens (primary N) is 1. The summed E-state index contributed by atoms with van der Waals surface area (Å²) in [6.45, 7) is 13.4. The van der Waals surface area contributed by atoms with Gasteiger partial charge in [0.2, 0.25) is 0 Å². The first-order valence-corrected chi connectivity index (χ1v) is 11.1. The monoisotopic (exact) mass is 471 g/mol. The van der Waals surface area contributed by atoms with Crippen molar-refractivity contribution in [1.82, 2.24) is 4.90 Å². The first kappa shape index (κ1) is 25.9. The van der Waals surface area contributed by atoms with E-state index in [9.17, 15) is 18.4 Å². The van der Waals surface area contributed by atoms with Gasteiger partial charge in [-0.15, -0.1) is 0 Å². The fourth-order valence-corrected chi connectivity index (χ4v) is 4.46. The van der Waals surface area contributed by atoms with Gasteiger partial charge in [-0.1, -0.05) is 18.7 Å². The molecule has 0 saturated heterocycles. The lowest BCUT2D eigenvalue weighted by atomic mass is 9.87. The Kier molecular flexibility index (Phi) is 7.19. The van der Waals surface area contributed by atoms with E-state index in [1.165, 1.54) is 6.07 Å². The number of imide groups is 1. The van der Waals surface area contributed by atoms with Crippen LogP contribution in [0.2, 0.25) is 0 Å². The van der Waals surface area contributed by atoms with Crippen LogP contribution < -0.4 is 5.73 Å². The fraction of sp³-hybridized carbons (Fsp3) is 0.591. The summed E-state index contributed by atoms with van der Waals surface area (Å²) < 4.78 is 39.6. The highest BCUT2D eigenvalue weighted by molar-refractivity contribution is 8.14. The Bertz CT molecular complexity index is 912. The lowest BCUT2D eigenvalue weighted by Gasteiger charge is -2.37. The topological polar surface area (TPSA) is 94.2 Å². The van der Waals surface area contributed by atoms with Crippen LogP contribution >= 0.6 is 11.8 Å². The molecule has 0 saturated carbocycles. The summed E-state index contributed by atoms with van der Waals surface area (Å²) in [5.41, 5.74) is 2.64. The number of halogens is 2. The van der Waals surface area contributed by atoms with Crippen LogP contribution in [0.25, 0.3) is 0 Å².